The van der Waals surface area contributed by atoms with Crippen LogP contribution in [0.3, 0.4) is 0 Å². The third kappa shape index (κ3) is 2.68. The summed E-state index contributed by atoms with van der Waals surface area (Å²) in [6, 6.07) is 13.8. The zero-order valence-corrected chi connectivity index (χ0v) is 12.5. The number of anilines is 1. The zero-order chi connectivity index (χ0) is 15.0. The van der Waals surface area contributed by atoms with Gasteiger partial charge >= 0.3 is 0 Å². The molecule has 1 heterocycles. The van der Waals surface area contributed by atoms with Gasteiger partial charge in [0.15, 0.2) is 0 Å². The van der Waals surface area contributed by atoms with Crippen LogP contribution < -0.4 is 10.5 Å². The van der Waals surface area contributed by atoms with Crippen molar-refractivity contribution >= 4 is 16.6 Å². The third-order valence-electron chi connectivity index (χ3n) is 3.49. The van der Waals surface area contributed by atoms with E-state index in [2.05, 4.69) is 24.0 Å². The minimum atomic E-state index is 0.707. The molecule has 0 unspecified atom stereocenters. The number of pyridine rings is 1. The standard InChI is InChI=1S/C18H18N2O/c1-11-4-5-12(2)17(8-11)21-18-9-13(3)20-16-7-6-14(19)10-15(16)18/h4-10H,19H2,1-3H3. The van der Waals surface area contributed by atoms with Crippen molar-refractivity contribution in [3.05, 3.63) is 59.3 Å². The number of hydrogen-bond donors (Lipinski definition) is 1. The number of hydrogen-bond acceptors (Lipinski definition) is 3. The molecule has 3 nitrogen and oxygen atoms in total. The summed E-state index contributed by atoms with van der Waals surface area (Å²) in [5.74, 6) is 1.66. The van der Waals surface area contributed by atoms with E-state index in [1.165, 1.54) is 5.56 Å². The van der Waals surface area contributed by atoms with E-state index in [4.69, 9.17) is 10.5 Å². The lowest BCUT2D eigenvalue weighted by Crippen LogP contribution is -1.94. The van der Waals surface area contributed by atoms with Gasteiger partial charge in [0, 0.05) is 22.8 Å². The number of aryl methyl sites for hydroxylation is 3. The number of nitrogen functional groups attached to an aromatic ring is 1. The molecule has 21 heavy (non-hydrogen) atoms. The lowest BCUT2D eigenvalue weighted by Gasteiger charge is -2.13. The molecule has 3 rings (SSSR count). The predicted octanol–water partition coefficient (Wildman–Crippen LogP) is 4.53. The Labute approximate surface area is 124 Å². The first-order valence-corrected chi connectivity index (χ1v) is 6.95. The van der Waals surface area contributed by atoms with Gasteiger partial charge in [-0.05, 0) is 56.2 Å². The summed E-state index contributed by atoms with van der Waals surface area (Å²) in [4.78, 5) is 4.52. The van der Waals surface area contributed by atoms with E-state index in [0.29, 0.717) is 5.69 Å². The van der Waals surface area contributed by atoms with Gasteiger partial charge in [0.25, 0.3) is 0 Å². The maximum Gasteiger partial charge on any atom is 0.138 e. The number of ether oxygens (including phenoxy) is 1. The molecule has 106 valence electrons. The van der Waals surface area contributed by atoms with Crippen LogP contribution in [0.5, 0.6) is 11.5 Å². The van der Waals surface area contributed by atoms with Crippen LogP contribution >= 0.6 is 0 Å². The second-order valence-electron chi connectivity index (χ2n) is 5.41. The molecule has 0 atom stereocenters. The van der Waals surface area contributed by atoms with Gasteiger partial charge in [0.1, 0.15) is 11.5 Å². The summed E-state index contributed by atoms with van der Waals surface area (Å²) in [5, 5.41) is 0.932. The quantitative estimate of drug-likeness (QED) is 0.700. The van der Waals surface area contributed by atoms with E-state index in [9.17, 15) is 0 Å². The minimum absolute atomic E-state index is 0.707. The first-order valence-electron chi connectivity index (χ1n) is 6.95. The van der Waals surface area contributed by atoms with Crippen molar-refractivity contribution < 1.29 is 4.74 Å². The fourth-order valence-corrected chi connectivity index (χ4v) is 2.36. The fraction of sp³-hybridized carbons (Fsp3) is 0.167. The smallest absolute Gasteiger partial charge is 0.138 e. The molecule has 0 spiro atoms. The highest BCUT2D eigenvalue weighted by molar-refractivity contribution is 5.88. The zero-order valence-electron chi connectivity index (χ0n) is 12.5. The molecule has 0 aliphatic rings. The molecule has 0 bridgehead atoms. The Morgan fingerprint density at radius 1 is 0.905 bits per heavy atom. The third-order valence-corrected chi connectivity index (χ3v) is 3.49. The first kappa shape index (κ1) is 13.4. The van der Waals surface area contributed by atoms with Gasteiger partial charge in [-0.3, -0.25) is 4.98 Å². The van der Waals surface area contributed by atoms with E-state index in [1.807, 2.05) is 44.2 Å². The van der Waals surface area contributed by atoms with Gasteiger partial charge in [-0.1, -0.05) is 12.1 Å². The summed E-state index contributed by atoms with van der Waals surface area (Å²) in [7, 11) is 0. The summed E-state index contributed by atoms with van der Waals surface area (Å²) in [6.07, 6.45) is 0. The predicted molar refractivity (Wildman–Crippen MR) is 86.9 cm³/mol. The molecule has 2 aromatic carbocycles. The molecule has 2 N–H and O–H groups in total. The molecule has 3 aromatic rings. The van der Waals surface area contributed by atoms with Gasteiger partial charge in [0.05, 0.1) is 5.52 Å². The van der Waals surface area contributed by atoms with Crippen LogP contribution in [0.15, 0.2) is 42.5 Å². The number of aromatic nitrogens is 1. The SMILES string of the molecule is Cc1ccc(C)c(Oc2cc(C)nc3ccc(N)cc23)c1. The topological polar surface area (TPSA) is 48.1 Å². The van der Waals surface area contributed by atoms with Crippen molar-refractivity contribution in [1.82, 2.24) is 4.98 Å². The highest BCUT2D eigenvalue weighted by Gasteiger charge is 2.09. The minimum Gasteiger partial charge on any atom is -0.456 e. The van der Waals surface area contributed by atoms with Gasteiger partial charge < -0.3 is 10.5 Å². The molecule has 0 fully saturated rings. The molecule has 3 heteroatoms. The number of fused-ring (bicyclic) bond motifs is 1. The van der Waals surface area contributed by atoms with Crippen LogP contribution in [0.4, 0.5) is 5.69 Å². The van der Waals surface area contributed by atoms with Gasteiger partial charge in [-0.2, -0.15) is 0 Å². The van der Waals surface area contributed by atoms with Crippen LogP contribution in [-0.4, -0.2) is 4.98 Å². The first-order chi connectivity index (χ1) is 10.0. The lowest BCUT2D eigenvalue weighted by atomic mass is 10.1. The van der Waals surface area contributed by atoms with Gasteiger partial charge in [0.2, 0.25) is 0 Å². The molecular formula is C18H18N2O. The molecule has 0 aliphatic carbocycles. The Balaban J connectivity index is 2.15. The largest absolute Gasteiger partial charge is 0.456 e. The summed E-state index contributed by atoms with van der Waals surface area (Å²) in [6.45, 7) is 6.06. The Morgan fingerprint density at radius 3 is 2.52 bits per heavy atom. The molecule has 0 amide bonds. The fourth-order valence-electron chi connectivity index (χ4n) is 2.36. The molecule has 0 radical (unpaired) electrons. The van der Waals surface area contributed by atoms with Gasteiger partial charge in [-0.25, -0.2) is 0 Å². The van der Waals surface area contributed by atoms with Crippen LogP contribution in [0.1, 0.15) is 16.8 Å². The number of nitrogens with zero attached hydrogens (tertiary/aromatic N) is 1. The van der Waals surface area contributed by atoms with E-state index in [-0.39, 0.29) is 0 Å². The van der Waals surface area contributed by atoms with Crippen molar-refractivity contribution in [2.24, 2.45) is 0 Å². The second-order valence-corrected chi connectivity index (χ2v) is 5.41. The monoisotopic (exact) mass is 278 g/mol. The van der Waals surface area contributed by atoms with E-state index < -0.39 is 0 Å². The average Bonchev–Trinajstić information content (AvgIpc) is 2.43. The summed E-state index contributed by atoms with van der Waals surface area (Å²) >= 11 is 0. The molecular weight excluding hydrogens is 260 g/mol. The van der Waals surface area contributed by atoms with Crippen LogP contribution in [0, 0.1) is 20.8 Å². The van der Waals surface area contributed by atoms with Crippen LogP contribution in [-0.2, 0) is 0 Å². The van der Waals surface area contributed by atoms with E-state index in [1.54, 1.807) is 0 Å². The van der Waals surface area contributed by atoms with Crippen molar-refractivity contribution in [2.75, 3.05) is 5.73 Å². The normalized spacial score (nSPS) is 10.8. The Morgan fingerprint density at radius 2 is 1.71 bits per heavy atom. The number of rotatable bonds is 2. The van der Waals surface area contributed by atoms with E-state index >= 15 is 0 Å². The maximum atomic E-state index is 6.14. The highest BCUT2D eigenvalue weighted by Crippen LogP contribution is 2.33. The Kier molecular flexibility index (Phi) is 3.26. The number of nitrogens with two attached hydrogens (primary N) is 1. The Bertz CT molecular complexity index is 825. The van der Waals surface area contributed by atoms with Crippen LogP contribution in [0.25, 0.3) is 10.9 Å². The van der Waals surface area contributed by atoms with Crippen molar-refractivity contribution in [3.63, 3.8) is 0 Å². The van der Waals surface area contributed by atoms with Crippen LogP contribution in [0.2, 0.25) is 0 Å². The molecule has 1 aromatic heterocycles. The van der Waals surface area contributed by atoms with Crippen molar-refractivity contribution in [3.8, 4) is 11.5 Å². The summed E-state index contributed by atoms with van der Waals surface area (Å²) in [5.41, 5.74) is 10.7. The van der Waals surface area contributed by atoms with E-state index in [0.717, 1.165) is 33.7 Å². The van der Waals surface area contributed by atoms with Crippen molar-refractivity contribution in [2.45, 2.75) is 20.8 Å². The lowest BCUT2D eigenvalue weighted by molar-refractivity contribution is 0.483. The Hall–Kier alpha value is -2.55. The summed E-state index contributed by atoms with van der Waals surface area (Å²) < 4.78 is 6.14. The highest BCUT2D eigenvalue weighted by atomic mass is 16.5. The second kappa shape index (κ2) is 5.09. The van der Waals surface area contributed by atoms with Crippen molar-refractivity contribution in [1.29, 1.82) is 0 Å². The number of benzene rings is 2. The molecule has 0 saturated carbocycles. The molecule has 0 saturated heterocycles. The average molecular weight is 278 g/mol. The van der Waals surface area contributed by atoms with Gasteiger partial charge in [-0.15, -0.1) is 0 Å². The molecule has 0 aliphatic heterocycles. The maximum absolute atomic E-state index is 6.14.